The number of carbonyl (C=O) groups is 2. The zero-order chi connectivity index (χ0) is 18.3. The van der Waals surface area contributed by atoms with E-state index in [0.29, 0.717) is 22.8 Å². The summed E-state index contributed by atoms with van der Waals surface area (Å²) in [4.78, 5) is 27.3. The molecule has 1 aliphatic heterocycles. The smallest absolute Gasteiger partial charge is 0.325 e. The van der Waals surface area contributed by atoms with E-state index in [1.54, 1.807) is 25.3 Å². The first-order valence-corrected chi connectivity index (χ1v) is 8.98. The molecule has 5 nitrogen and oxygen atoms in total. The van der Waals surface area contributed by atoms with Crippen LogP contribution in [-0.2, 0) is 23.3 Å². The van der Waals surface area contributed by atoms with Crippen molar-refractivity contribution in [3.8, 4) is 5.75 Å². The number of halogens is 1. The number of imide groups is 1. The predicted molar refractivity (Wildman–Crippen MR) is 98.1 cm³/mol. The van der Waals surface area contributed by atoms with Crippen LogP contribution in [0.1, 0.15) is 29.5 Å². The molecule has 26 heavy (non-hydrogen) atoms. The number of amides is 3. The molecule has 1 saturated heterocycles. The Morgan fingerprint density at radius 1 is 1.23 bits per heavy atom. The van der Waals surface area contributed by atoms with Gasteiger partial charge >= 0.3 is 6.03 Å². The number of nitrogens with one attached hydrogen (secondary N) is 1. The highest BCUT2D eigenvalue weighted by Crippen LogP contribution is 2.40. The Bertz CT molecular complexity index is 898. The number of ether oxygens (including phenoxy) is 1. The van der Waals surface area contributed by atoms with Gasteiger partial charge in [0.15, 0.2) is 0 Å². The molecule has 0 radical (unpaired) electrons. The van der Waals surface area contributed by atoms with Crippen LogP contribution in [0.4, 0.5) is 4.79 Å². The lowest BCUT2D eigenvalue weighted by molar-refractivity contribution is -0.132. The maximum atomic E-state index is 13.3. The Balaban J connectivity index is 1.71. The molecule has 0 unspecified atom stereocenters. The summed E-state index contributed by atoms with van der Waals surface area (Å²) >= 11 is 6.08. The Labute approximate surface area is 156 Å². The van der Waals surface area contributed by atoms with Crippen molar-refractivity contribution in [3.63, 3.8) is 0 Å². The van der Waals surface area contributed by atoms with Gasteiger partial charge in [-0.15, -0.1) is 0 Å². The summed E-state index contributed by atoms with van der Waals surface area (Å²) in [6.07, 6.45) is 2.39. The molecule has 134 valence electrons. The molecule has 2 aromatic carbocycles. The zero-order valence-corrected chi connectivity index (χ0v) is 15.2. The van der Waals surface area contributed by atoms with E-state index in [2.05, 4.69) is 5.32 Å². The maximum Gasteiger partial charge on any atom is 0.325 e. The van der Waals surface area contributed by atoms with Crippen molar-refractivity contribution >= 4 is 23.5 Å². The molecule has 3 amide bonds. The molecule has 2 aliphatic rings. The highest BCUT2D eigenvalue weighted by atomic mass is 35.5. The van der Waals surface area contributed by atoms with Gasteiger partial charge < -0.3 is 10.1 Å². The largest absolute Gasteiger partial charge is 0.496 e. The number of fused-ring (bicyclic) bond motifs is 2. The van der Waals surface area contributed by atoms with Crippen LogP contribution in [0.5, 0.6) is 5.75 Å². The fourth-order valence-electron chi connectivity index (χ4n) is 4.00. The van der Waals surface area contributed by atoms with E-state index >= 15 is 0 Å². The van der Waals surface area contributed by atoms with Crippen molar-refractivity contribution in [1.29, 1.82) is 0 Å². The molecular formula is C20H19ClN2O3. The summed E-state index contributed by atoms with van der Waals surface area (Å²) in [5.41, 5.74) is 1.77. The van der Waals surface area contributed by atoms with E-state index in [1.807, 2.05) is 24.3 Å². The number of benzene rings is 2. The van der Waals surface area contributed by atoms with Crippen molar-refractivity contribution in [3.05, 3.63) is 64.2 Å². The first kappa shape index (κ1) is 16.9. The standard InChI is InChI=1S/C20H19ClN2O3/c1-26-17-9-8-15(21)11-14(17)12-23-18(24)20(22-19(23)25)10-4-6-13-5-2-3-7-16(13)20/h2-3,5,7-9,11H,4,6,10,12H2,1H3,(H,22,25)/t20-/m0/s1. The number of urea groups is 1. The van der Waals surface area contributed by atoms with Crippen LogP contribution in [0.25, 0.3) is 0 Å². The molecule has 1 N–H and O–H groups in total. The van der Waals surface area contributed by atoms with E-state index in [1.165, 1.54) is 4.90 Å². The lowest BCUT2D eigenvalue weighted by Crippen LogP contribution is -2.46. The van der Waals surface area contributed by atoms with Gasteiger partial charge in [-0.2, -0.15) is 0 Å². The van der Waals surface area contributed by atoms with Crippen molar-refractivity contribution in [1.82, 2.24) is 10.2 Å². The second-order valence-electron chi connectivity index (χ2n) is 6.69. The molecule has 0 bridgehead atoms. The van der Waals surface area contributed by atoms with Crippen LogP contribution in [0.15, 0.2) is 42.5 Å². The normalized spacial score (nSPS) is 21.7. The van der Waals surface area contributed by atoms with Crippen molar-refractivity contribution in [2.24, 2.45) is 0 Å². The topological polar surface area (TPSA) is 58.6 Å². The maximum absolute atomic E-state index is 13.3. The monoisotopic (exact) mass is 370 g/mol. The van der Waals surface area contributed by atoms with Gasteiger partial charge in [0.05, 0.1) is 13.7 Å². The summed E-state index contributed by atoms with van der Waals surface area (Å²) in [5.74, 6) is 0.386. The molecule has 1 heterocycles. The van der Waals surface area contributed by atoms with Crippen molar-refractivity contribution in [2.75, 3.05) is 7.11 Å². The molecule has 1 fully saturated rings. The third-order valence-electron chi connectivity index (χ3n) is 5.22. The van der Waals surface area contributed by atoms with E-state index in [0.717, 1.165) is 24.0 Å². The molecule has 1 atom stereocenters. The molecule has 1 spiro atoms. The molecular weight excluding hydrogens is 352 g/mol. The van der Waals surface area contributed by atoms with Crippen LogP contribution in [0.3, 0.4) is 0 Å². The first-order valence-electron chi connectivity index (χ1n) is 8.60. The molecule has 0 aromatic heterocycles. The highest BCUT2D eigenvalue weighted by Gasteiger charge is 2.53. The quantitative estimate of drug-likeness (QED) is 0.839. The first-order chi connectivity index (χ1) is 12.5. The van der Waals surface area contributed by atoms with Crippen LogP contribution in [0, 0.1) is 0 Å². The van der Waals surface area contributed by atoms with E-state index < -0.39 is 5.54 Å². The number of carbonyl (C=O) groups excluding carboxylic acids is 2. The summed E-state index contributed by atoms with van der Waals surface area (Å²) < 4.78 is 5.35. The zero-order valence-electron chi connectivity index (χ0n) is 14.4. The fourth-order valence-corrected chi connectivity index (χ4v) is 4.19. The minimum atomic E-state index is -0.961. The van der Waals surface area contributed by atoms with E-state index in [9.17, 15) is 9.59 Å². The Kier molecular flexibility index (Phi) is 4.11. The third-order valence-corrected chi connectivity index (χ3v) is 5.46. The van der Waals surface area contributed by atoms with E-state index in [-0.39, 0.29) is 18.5 Å². The number of hydrogen-bond donors (Lipinski definition) is 1. The van der Waals surface area contributed by atoms with Gasteiger partial charge in [0.1, 0.15) is 11.3 Å². The number of hydrogen-bond acceptors (Lipinski definition) is 3. The average molecular weight is 371 g/mol. The van der Waals surface area contributed by atoms with Crippen molar-refractivity contribution < 1.29 is 14.3 Å². The van der Waals surface area contributed by atoms with Crippen molar-refractivity contribution in [2.45, 2.75) is 31.3 Å². The highest BCUT2D eigenvalue weighted by molar-refractivity contribution is 6.30. The molecule has 2 aromatic rings. The second-order valence-corrected chi connectivity index (χ2v) is 7.13. The number of rotatable bonds is 3. The van der Waals surface area contributed by atoms with E-state index in [4.69, 9.17) is 16.3 Å². The van der Waals surface area contributed by atoms with Gasteiger partial charge in [0, 0.05) is 10.6 Å². The fraction of sp³-hybridized carbons (Fsp3) is 0.300. The molecule has 6 heteroatoms. The van der Waals surface area contributed by atoms with Gasteiger partial charge in [-0.3, -0.25) is 9.69 Å². The lowest BCUT2D eigenvalue weighted by Gasteiger charge is -2.33. The minimum absolute atomic E-state index is 0.123. The number of aryl methyl sites for hydroxylation is 1. The van der Waals surface area contributed by atoms with Crippen LogP contribution in [0.2, 0.25) is 5.02 Å². The lowest BCUT2D eigenvalue weighted by atomic mass is 9.76. The van der Waals surface area contributed by atoms with Gasteiger partial charge in [-0.1, -0.05) is 35.9 Å². The molecule has 1 aliphatic carbocycles. The predicted octanol–water partition coefficient (Wildman–Crippen LogP) is 3.63. The molecule has 0 saturated carbocycles. The summed E-state index contributed by atoms with van der Waals surface area (Å²) in [6.45, 7) is 0.123. The second kappa shape index (κ2) is 6.32. The molecule has 4 rings (SSSR count). The van der Waals surface area contributed by atoms with Gasteiger partial charge in [0.2, 0.25) is 0 Å². The van der Waals surface area contributed by atoms with Gasteiger partial charge in [0.25, 0.3) is 5.91 Å². The van der Waals surface area contributed by atoms with Crippen LogP contribution >= 0.6 is 11.6 Å². The summed E-state index contributed by atoms with van der Waals surface area (Å²) in [5, 5.41) is 3.49. The number of nitrogens with zero attached hydrogens (tertiary/aromatic N) is 1. The number of methoxy groups -OCH3 is 1. The SMILES string of the molecule is COc1ccc(Cl)cc1CN1C(=O)N[C@]2(CCCc3ccccc32)C1=O. The Morgan fingerprint density at radius 3 is 2.85 bits per heavy atom. The third kappa shape index (κ3) is 2.54. The minimum Gasteiger partial charge on any atom is -0.496 e. The van der Waals surface area contributed by atoms with Gasteiger partial charge in [-0.05, 0) is 48.6 Å². The summed E-state index contributed by atoms with van der Waals surface area (Å²) in [7, 11) is 1.55. The Hall–Kier alpha value is -2.53. The van der Waals surface area contributed by atoms with Crippen LogP contribution in [-0.4, -0.2) is 23.9 Å². The van der Waals surface area contributed by atoms with Gasteiger partial charge in [-0.25, -0.2) is 4.79 Å². The Morgan fingerprint density at radius 2 is 2.04 bits per heavy atom. The summed E-state index contributed by atoms with van der Waals surface area (Å²) in [6, 6.07) is 12.6. The average Bonchev–Trinajstić information content (AvgIpc) is 2.87. The van der Waals surface area contributed by atoms with Crippen LogP contribution < -0.4 is 10.1 Å².